The second-order valence-corrected chi connectivity index (χ2v) is 4.86. The molecular weight excluding hydrogens is 314 g/mol. The van der Waals surface area contributed by atoms with Gasteiger partial charge in [-0.2, -0.15) is 0 Å². The third kappa shape index (κ3) is 2.22. The van der Waals surface area contributed by atoms with Gasteiger partial charge in [-0.25, -0.2) is 4.98 Å². The van der Waals surface area contributed by atoms with Crippen LogP contribution in [0.1, 0.15) is 5.82 Å². The highest BCUT2D eigenvalue weighted by atomic mass is 79.9. The Balaban J connectivity index is 1.97. The molecule has 0 saturated carbocycles. The van der Waals surface area contributed by atoms with Gasteiger partial charge in [0.25, 0.3) is 0 Å². The molecule has 3 rings (SSSR count). The van der Waals surface area contributed by atoms with Gasteiger partial charge in [-0.05, 0) is 23.1 Å². The van der Waals surface area contributed by atoms with Gasteiger partial charge >= 0.3 is 5.82 Å². The van der Waals surface area contributed by atoms with E-state index in [0.29, 0.717) is 5.82 Å². The summed E-state index contributed by atoms with van der Waals surface area (Å²) in [4.78, 5) is 17.8. The minimum atomic E-state index is -0.466. The van der Waals surface area contributed by atoms with Crippen LogP contribution in [0.5, 0.6) is 0 Å². The largest absolute Gasteiger partial charge is 0.358 e. The topological polar surface area (TPSA) is 89.6 Å². The molecule has 2 heterocycles. The van der Waals surface area contributed by atoms with E-state index in [-0.39, 0.29) is 12.4 Å². The van der Waals surface area contributed by atoms with Crippen molar-refractivity contribution in [2.75, 3.05) is 0 Å². The van der Waals surface area contributed by atoms with Crippen molar-refractivity contribution in [2.24, 2.45) is 0 Å². The van der Waals surface area contributed by atoms with Crippen LogP contribution in [0.3, 0.4) is 0 Å². The number of aromatic amines is 1. The van der Waals surface area contributed by atoms with Crippen LogP contribution in [0.2, 0.25) is 0 Å². The van der Waals surface area contributed by atoms with Gasteiger partial charge in [0.1, 0.15) is 0 Å². The van der Waals surface area contributed by atoms with E-state index in [1.807, 2.05) is 18.2 Å². The number of nitrogens with one attached hydrogen (secondary N) is 1. The van der Waals surface area contributed by atoms with Crippen LogP contribution >= 0.6 is 15.9 Å². The van der Waals surface area contributed by atoms with E-state index in [2.05, 4.69) is 31.0 Å². The zero-order valence-electron chi connectivity index (χ0n) is 9.58. The van der Waals surface area contributed by atoms with E-state index < -0.39 is 4.92 Å². The third-order valence-electron chi connectivity index (χ3n) is 2.67. The van der Waals surface area contributed by atoms with Gasteiger partial charge in [0.05, 0.1) is 23.3 Å². The predicted octanol–water partition coefficient (Wildman–Crippen LogP) is 2.48. The fourth-order valence-electron chi connectivity index (χ4n) is 1.85. The van der Waals surface area contributed by atoms with Gasteiger partial charge in [-0.15, -0.1) is 4.68 Å². The Hall–Kier alpha value is -2.22. The van der Waals surface area contributed by atoms with Crippen molar-refractivity contribution in [3.05, 3.63) is 50.9 Å². The van der Waals surface area contributed by atoms with Crippen LogP contribution in [0.25, 0.3) is 11.0 Å². The van der Waals surface area contributed by atoms with Gasteiger partial charge in [0.2, 0.25) is 0 Å². The molecule has 0 atom stereocenters. The summed E-state index contributed by atoms with van der Waals surface area (Å²) < 4.78 is 2.24. The van der Waals surface area contributed by atoms with E-state index in [4.69, 9.17) is 0 Å². The van der Waals surface area contributed by atoms with Gasteiger partial charge in [-0.3, -0.25) is 0 Å². The molecule has 1 N–H and O–H groups in total. The summed E-state index contributed by atoms with van der Waals surface area (Å²) in [6.07, 6.45) is 1.40. The minimum absolute atomic E-state index is 0.0540. The molecule has 3 aromatic rings. The van der Waals surface area contributed by atoms with Crippen molar-refractivity contribution in [3.63, 3.8) is 0 Å². The Kier molecular flexibility index (Phi) is 2.79. The first kappa shape index (κ1) is 11.8. The van der Waals surface area contributed by atoms with Crippen molar-refractivity contribution in [1.29, 1.82) is 0 Å². The molecular formula is C11H8BrN5O2. The number of imidazole rings is 1. The van der Waals surface area contributed by atoms with E-state index >= 15 is 0 Å². The second kappa shape index (κ2) is 4.47. The maximum absolute atomic E-state index is 10.8. The van der Waals surface area contributed by atoms with E-state index in [1.165, 1.54) is 16.9 Å². The summed E-state index contributed by atoms with van der Waals surface area (Å²) in [7, 11) is 0. The molecule has 0 saturated heterocycles. The summed E-state index contributed by atoms with van der Waals surface area (Å²) in [5, 5.41) is 14.7. The lowest BCUT2D eigenvalue weighted by molar-refractivity contribution is -0.392. The first-order chi connectivity index (χ1) is 9.13. The lowest BCUT2D eigenvalue weighted by atomic mass is 10.3. The zero-order valence-corrected chi connectivity index (χ0v) is 11.2. The summed E-state index contributed by atoms with van der Waals surface area (Å²) in [5.74, 6) is 0.571. The second-order valence-electron chi connectivity index (χ2n) is 3.95. The van der Waals surface area contributed by atoms with Gasteiger partial charge in [-0.1, -0.05) is 21.0 Å². The van der Waals surface area contributed by atoms with Crippen LogP contribution in [0.4, 0.5) is 5.82 Å². The Morgan fingerprint density at radius 3 is 3.05 bits per heavy atom. The van der Waals surface area contributed by atoms with Crippen LogP contribution in [-0.4, -0.2) is 24.7 Å². The number of hydrogen-bond donors (Lipinski definition) is 1. The number of fused-ring (bicyclic) bond motifs is 1. The first-order valence-electron chi connectivity index (χ1n) is 5.44. The minimum Gasteiger partial charge on any atom is -0.358 e. The number of hydrogen-bond acceptors (Lipinski definition) is 4. The number of nitrogens with zero attached hydrogens (tertiary/aromatic N) is 4. The van der Waals surface area contributed by atoms with E-state index in [1.54, 1.807) is 0 Å². The molecule has 0 aliphatic rings. The number of nitro groups is 1. The Morgan fingerprint density at radius 2 is 2.26 bits per heavy atom. The van der Waals surface area contributed by atoms with Gasteiger partial charge in [0, 0.05) is 4.47 Å². The highest BCUT2D eigenvalue weighted by Crippen LogP contribution is 2.19. The van der Waals surface area contributed by atoms with Crippen molar-refractivity contribution >= 4 is 32.8 Å². The molecule has 0 unspecified atom stereocenters. The Bertz CT molecular complexity index is 763. The number of halogens is 1. The molecule has 19 heavy (non-hydrogen) atoms. The molecule has 96 valence electrons. The average molecular weight is 322 g/mol. The van der Waals surface area contributed by atoms with Crippen LogP contribution in [0.15, 0.2) is 34.9 Å². The standard InChI is InChI=1S/C11H8BrN5O2/c12-7-1-2-8-9(5-7)15-10(14-8)6-16-11(17(18)19)3-4-13-16/h1-5H,6H2,(H,14,15). The predicted molar refractivity (Wildman–Crippen MR) is 71.8 cm³/mol. The molecule has 0 radical (unpaired) electrons. The number of aromatic nitrogens is 4. The normalized spacial score (nSPS) is 11.0. The number of H-pyrrole nitrogens is 1. The smallest absolute Gasteiger partial charge is 0.345 e. The Morgan fingerprint density at radius 1 is 1.42 bits per heavy atom. The monoisotopic (exact) mass is 321 g/mol. The van der Waals surface area contributed by atoms with E-state index in [0.717, 1.165) is 15.5 Å². The molecule has 1 aromatic carbocycles. The lowest BCUT2D eigenvalue weighted by Gasteiger charge is -1.96. The number of rotatable bonds is 3. The highest BCUT2D eigenvalue weighted by molar-refractivity contribution is 9.10. The molecule has 0 fully saturated rings. The fourth-order valence-corrected chi connectivity index (χ4v) is 2.22. The molecule has 7 nitrogen and oxygen atoms in total. The number of benzene rings is 1. The highest BCUT2D eigenvalue weighted by Gasteiger charge is 2.15. The Labute approximate surface area is 115 Å². The maximum Gasteiger partial charge on any atom is 0.345 e. The fraction of sp³-hybridized carbons (Fsp3) is 0.0909. The SMILES string of the molecule is O=[N+]([O-])c1ccnn1Cc1nc2ccc(Br)cc2[nH]1. The maximum atomic E-state index is 10.8. The molecule has 0 bridgehead atoms. The lowest BCUT2D eigenvalue weighted by Crippen LogP contribution is -2.06. The zero-order chi connectivity index (χ0) is 13.4. The van der Waals surface area contributed by atoms with Crippen LogP contribution < -0.4 is 0 Å². The van der Waals surface area contributed by atoms with E-state index in [9.17, 15) is 10.1 Å². The molecule has 0 aliphatic heterocycles. The van der Waals surface area contributed by atoms with Crippen molar-refractivity contribution in [2.45, 2.75) is 6.54 Å². The van der Waals surface area contributed by atoms with Crippen molar-refractivity contribution in [3.8, 4) is 0 Å². The summed E-state index contributed by atoms with van der Waals surface area (Å²) in [6, 6.07) is 7.03. The van der Waals surface area contributed by atoms with Gasteiger partial charge < -0.3 is 15.1 Å². The van der Waals surface area contributed by atoms with Crippen LogP contribution in [0, 0.1) is 10.1 Å². The quantitative estimate of drug-likeness (QED) is 0.592. The molecule has 0 amide bonds. The summed E-state index contributed by atoms with van der Waals surface area (Å²) in [5.41, 5.74) is 1.69. The summed E-state index contributed by atoms with van der Waals surface area (Å²) >= 11 is 3.38. The molecule has 8 heteroatoms. The first-order valence-corrected chi connectivity index (χ1v) is 6.23. The third-order valence-corrected chi connectivity index (χ3v) is 3.17. The summed E-state index contributed by atoms with van der Waals surface area (Å²) in [6.45, 7) is 0.232. The molecule has 0 spiro atoms. The van der Waals surface area contributed by atoms with Gasteiger partial charge in [0.15, 0.2) is 12.4 Å². The van der Waals surface area contributed by atoms with Crippen molar-refractivity contribution < 1.29 is 4.92 Å². The average Bonchev–Trinajstić information content (AvgIpc) is 2.95. The van der Waals surface area contributed by atoms with Crippen LogP contribution in [-0.2, 0) is 6.54 Å². The molecule has 0 aliphatic carbocycles. The van der Waals surface area contributed by atoms with Crippen molar-refractivity contribution in [1.82, 2.24) is 19.7 Å². The molecule has 2 aromatic heterocycles.